The zero-order valence-electron chi connectivity index (χ0n) is 5.63. The van der Waals surface area contributed by atoms with E-state index in [1.165, 1.54) is 0 Å². The highest BCUT2D eigenvalue weighted by molar-refractivity contribution is 9.11. The number of halogens is 2. The molecule has 0 spiro atoms. The van der Waals surface area contributed by atoms with Crippen LogP contribution < -0.4 is 0 Å². The maximum Gasteiger partial charge on any atom is 0.0545 e. The Kier molecular flexibility index (Phi) is 4.05. The zero-order chi connectivity index (χ0) is 8.10. The van der Waals surface area contributed by atoms with Crippen LogP contribution in [0.5, 0.6) is 0 Å². The van der Waals surface area contributed by atoms with Gasteiger partial charge in [-0.25, -0.2) is 0 Å². The number of hydrogen-bond acceptors (Lipinski definition) is 1. The molecule has 58 valence electrons. The van der Waals surface area contributed by atoms with Crippen molar-refractivity contribution in [3.05, 3.63) is 39.7 Å². The van der Waals surface area contributed by atoms with Crippen LogP contribution in [0.4, 0.5) is 0 Å². The highest BCUT2D eigenvalue weighted by atomic mass is 79.9. The van der Waals surface area contributed by atoms with Gasteiger partial charge < -0.3 is 0 Å². The van der Waals surface area contributed by atoms with Crippen molar-refractivity contribution >= 4 is 39.3 Å². The molecule has 0 radical (unpaired) electrons. The van der Waals surface area contributed by atoms with Gasteiger partial charge in [0.05, 0.1) is 5.02 Å². The van der Waals surface area contributed by atoms with Crippen molar-refractivity contribution in [2.24, 2.45) is 0 Å². The molecule has 1 aromatic carbocycles. The van der Waals surface area contributed by atoms with Crippen LogP contribution in [-0.4, -0.2) is 0 Å². The lowest BCUT2D eigenvalue weighted by Crippen LogP contribution is -1.68. The molecule has 0 nitrogen and oxygen atoms in total. The molecule has 0 atom stereocenters. The Hall–Kier alpha value is 0.0800. The molecule has 0 aliphatic heterocycles. The van der Waals surface area contributed by atoms with Crippen molar-refractivity contribution in [1.29, 1.82) is 0 Å². The third-order valence-corrected chi connectivity index (χ3v) is 3.02. The second-order valence-electron chi connectivity index (χ2n) is 1.81. The first-order valence-electron chi connectivity index (χ1n) is 3.01. The summed E-state index contributed by atoms with van der Waals surface area (Å²) >= 11 is 10.7. The highest BCUT2D eigenvalue weighted by Crippen LogP contribution is 2.27. The van der Waals surface area contributed by atoms with E-state index in [0.29, 0.717) is 0 Å². The van der Waals surface area contributed by atoms with Gasteiger partial charge in [-0.05, 0) is 22.5 Å². The van der Waals surface area contributed by atoms with Crippen molar-refractivity contribution < 1.29 is 0 Å². The fraction of sp³-hybridized carbons (Fsp3) is 0. The molecular formula is C8H6BrClS. The second kappa shape index (κ2) is 4.86. The molecule has 1 aromatic rings. The summed E-state index contributed by atoms with van der Waals surface area (Å²) in [7, 11) is 0. The van der Waals surface area contributed by atoms with E-state index < -0.39 is 0 Å². The van der Waals surface area contributed by atoms with Gasteiger partial charge in [-0.3, -0.25) is 0 Å². The minimum Gasteiger partial charge on any atom is -0.0960 e. The van der Waals surface area contributed by atoms with Crippen LogP contribution >= 0.6 is 39.3 Å². The molecule has 0 N–H and O–H groups in total. The third-order valence-electron chi connectivity index (χ3n) is 1.08. The van der Waals surface area contributed by atoms with E-state index in [-0.39, 0.29) is 0 Å². The van der Waals surface area contributed by atoms with Gasteiger partial charge in [-0.15, -0.1) is 0 Å². The van der Waals surface area contributed by atoms with E-state index >= 15 is 0 Å². The minimum atomic E-state index is 0.795. The Morgan fingerprint density at radius 3 is 2.73 bits per heavy atom. The van der Waals surface area contributed by atoms with Gasteiger partial charge in [0.2, 0.25) is 0 Å². The van der Waals surface area contributed by atoms with E-state index in [9.17, 15) is 0 Å². The standard InChI is InChI=1S/C8H6BrClS/c9-5-6-11-8-4-2-1-3-7(8)10/h1-6H/b6-5+. The van der Waals surface area contributed by atoms with Crippen LogP contribution in [0.3, 0.4) is 0 Å². The molecular weight excluding hydrogens is 244 g/mol. The van der Waals surface area contributed by atoms with Gasteiger partial charge >= 0.3 is 0 Å². The molecule has 0 heterocycles. The van der Waals surface area contributed by atoms with Crippen molar-refractivity contribution in [3.63, 3.8) is 0 Å². The van der Waals surface area contributed by atoms with Crippen LogP contribution in [0, 0.1) is 0 Å². The second-order valence-corrected chi connectivity index (χ2v) is 3.69. The Labute approximate surface area is 83.8 Å². The first-order chi connectivity index (χ1) is 5.34. The van der Waals surface area contributed by atoms with Crippen LogP contribution in [0.15, 0.2) is 39.6 Å². The van der Waals surface area contributed by atoms with Gasteiger partial charge in [0.25, 0.3) is 0 Å². The Morgan fingerprint density at radius 2 is 2.09 bits per heavy atom. The normalized spacial score (nSPS) is 10.7. The first kappa shape index (κ1) is 9.17. The molecule has 3 heteroatoms. The minimum absolute atomic E-state index is 0.795. The molecule has 11 heavy (non-hydrogen) atoms. The Morgan fingerprint density at radius 1 is 1.36 bits per heavy atom. The number of rotatable bonds is 2. The fourth-order valence-corrected chi connectivity index (χ4v) is 1.77. The zero-order valence-corrected chi connectivity index (χ0v) is 8.79. The monoisotopic (exact) mass is 248 g/mol. The van der Waals surface area contributed by atoms with E-state index in [1.54, 1.807) is 16.7 Å². The molecule has 0 saturated heterocycles. The van der Waals surface area contributed by atoms with Crippen LogP contribution in [0.2, 0.25) is 5.02 Å². The van der Waals surface area contributed by atoms with Gasteiger partial charge in [-0.2, -0.15) is 0 Å². The predicted molar refractivity (Wildman–Crippen MR) is 55.4 cm³/mol. The fourth-order valence-electron chi connectivity index (χ4n) is 0.639. The summed E-state index contributed by atoms with van der Waals surface area (Å²) in [5.74, 6) is 0. The van der Waals surface area contributed by atoms with Gasteiger partial charge in [0.15, 0.2) is 0 Å². The smallest absolute Gasteiger partial charge is 0.0545 e. The lowest BCUT2D eigenvalue weighted by Gasteiger charge is -1.96. The molecule has 0 amide bonds. The molecule has 0 fully saturated rings. The van der Waals surface area contributed by atoms with E-state index in [4.69, 9.17) is 11.6 Å². The molecule has 0 saturated carbocycles. The first-order valence-corrected chi connectivity index (χ1v) is 5.18. The number of hydrogen-bond donors (Lipinski definition) is 0. The lowest BCUT2D eigenvalue weighted by molar-refractivity contribution is 1.47. The summed E-state index contributed by atoms with van der Waals surface area (Å²) in [5.41, 5.74) is 0. The highest BCUT2D eigenvalue weighted by Gasteiger charge is 1.94. The summed E-state index contributed by atoms with van der Waals surface area (Å²) in [4.78, 5) is 2.88. The quantitative estimate of drug-likeness (QED) is 0.704. The van der Waals surface area contributed by atoms with Crippen LogP contribution in [0.1, 0.15) is 0 Å². The topological polar surface area (TPSA) is 0 Å². The SMILES string of the molecule is Clc1ccccc1S/C=C/Br. The Bertz CT molecular complexity index is 260. The average molecular weight is 250 g/mol. The third kappa shape index (κ3) is 2.89. The molecule has 0 aliphatic rings. The van der Waals surface area contributed by atoms with E-state index in [0.717, 1.165) is 9.92 Å². The summed E-state index contributed by atoms with van der Waals surface area (Å²) in [6.45, 7) is 0. The summed E-state index contributed by atoms with van der Waals surface area (Å²) in [6.07, 6.45) is 0. The predicted octanol–water partition coefficient (Wildman–Crippen LogP) is 4.30. The lowest BCUT2D eigenvalue weighted by atomic mass is 10.4. The van der Waals surface area contributed by atoms with E-state index in [1.807, 2.05) is 29.7 Å². The Balaban J connectivity index is 2.77. The number of thioether (sulfide) groups is 1. The van der Waals surface area contributed by atoms with Crippen molar-refractivity contribution in [1.82, 2.24) is 0 Å². The van der Waals surface area contributed by atoms with Crippen LogP contribution in [0.25, 0.3) is 0 Å². The van der Waals surface area contributed by atoms with Crippen molar-refractivity contribution in [2.45, 2.75) is 4.90 Å². The molecule has 0 aliphatic carbocycles. The van der Waals surface area contributed by atoms with Crippen molar-refractivity contribution in [3.8, 4) is 0 Å². The maximum absolute atomic E-state index is 5.89. The maximum atomic E-state index is 5.89. The van der Waals surface area contributed by atoms with Gasteiger partial charge in [-0.1, -0.05) is 51.4 Å². The summed E-state index contributed by atoms with van der Waals surface area (Å²) in [6, 6.07) is 7.76. The van der Waals surface area contributed by atoms with Crippen molar-refractivity contribution in [2.75, 3.05) is 0 Å². The largest absolute Gasteiger partial charge is 0.0960 e. The van der Waals surface area contributed by atoms with Gasteiger partial charge in [0.1, 0.15) is 0 Å². The van der Waals surface area contributed by atoms with E-state index in [2.05, 4.69) is 15.9 Å². The molecule has 0 aromatic heterocycles. The number of benzene rings is 1. The summed E-state index contributed by atoms with van der Waals surface area (Å²) < 4.78 is 0. The van der Waals surface area contributed by atoms with Gasteiger partial charge in [0, 0.05) is 4.90 Å². The average Bonchev–Trinajstić information content (AvgIpc) is 2.03. The summed E-state index contributed by atoms with van der Waals surface area (Å²) in [5, 5.41) is 2.73. The van der Waals surface area contributed by atoms with Crippen LogP contribution in [-0.2, 0) is 0 Å². The molecule has 1 rings (SSSR count). The molecule has 0 bridgehead atoms. The molecule has 0 unspecified atom stereocenters.